The van der Waals surface area contributed by atoms with E-state index in [0.717, 1.165) is 17.6 Å². The molecule has 0 bridgehead atoms. The van der Waals surface area contributed by atoms with Gasteiger partial charge in [-0.25, -0.2) is 8.42 Å². The minimum Gasteiger partial charge on any atom is -0.491 e. The van der Waals surface area contributed by atoms with Gasteiger partial charge in [0, 0.05) is 13.0 Å². The van der Waals surface area contributed by atoms with Crippen LogP contribution in [-0.4, -0.2) is 40.3 Å². The predicted molar refractivity (Wildman–Crippen MR) is 139 cm³/mol. The van der Waals surface area contributed by atoms with Crippen LogP contribution >= 0.6 is 0 Å². The van der Waals surface area contributed by atoms with E-state index >= 15 is 0 Å². The van der Waals surface area contributed by atoms with Gasteiger partial charge in [-0.1, -0.05) is 35.9 Å². The van der Waals surface area contributed by atoms with Gasteiger partial charge in [-0.15, -0.1) is 0 Å². The number of carbonyl (C=O) groups is 1. The minimum atomic E-state index is -3.51. The van der Waals surface area contributed by atoms with Crippen molar-refractivity contribution < 1.29 is 22.7 Å². The van der Waals surface area contributed by atoms with E-state index in [2.05, 4.69) is 5.32 Å². The molecule has 0 aliphatic carbocycles. The zero-order valence-electron chi connectivity index (χ0n) is 20.4. The summed E-state index contributed by atoms with van der Waals surface area (Å²) in [4.78, 5) is 12.2. The molecule has 0 saturated heterocycles. The van der Waals surface area contributed by atoms with E-state index < -0.39 is 10.0 Å². The van der Waals surface area contributed by atoms with Crippen LogP contribution in [0.2, 0.25) is 0 Å². The Morgan fingerprint density at radius 3 is 2.29 bits per heavy atom. The van der Waals surface area contributed by atoms with E-state index in [1.165, 1.54) is 9.87 Å². The topological polar surface area (TPSA) is 84.9 Å². The highest BCUT2D eigenvalue weighted by Gasteiger charge is 2.18. The number of carbonyl (C=O) groups excluding carboxylic acids is 1. The first kappa shape index (κ1) is 26.1. The Labute approximate surface area is 207 Å². The van der Waals surface area contributed by atoms with E-state index in [-0.39, 0.29) is 18.9 Å². The summed E-state index contributed by atoms with van der Waals surface area (Å²) in [7, 11) is -3.51. The number of ether oxygens (including phenoxy) is 2. The number of anilines is 1. The maximum absolute atomic E-state index is 12.4. The molecule has 0 atom stereocenters. The Kier molecular flexibility index (Phi) is 9.14. The van der Waals surface area contributed by atoms with Crippen LogP contribution in [0.5, 0.6) is 17.2 Å². The third-order valence-corrected chi connectivity index (χ3v) is 6.48. The third-order valence-electron chi connectivity index (χ3n) is 5.28. The molecule has 186 valence electrons. The van der Waals surface area contributed by atoms with Gasteiger partial charge in [0.05, 0.1) is 18.5 Å². The average molecular weight is 497 g/mol. The number of rotatable bonds is 12. The molecule has 0 radical (unpaired) electrons. The molecule has 3 rings (SSSR count). The summed E-state index contributed by atoms with van der Waals surface area (Å²) in [5.41, 5.74) is 2.75. The molecule has 7 nitrogen and oxygen atoms in total. The van der Waals surface area contributed by atoms with Crippen LogP contribution in [0.15, 0.2) is 72.8 Å². The van der Waals surface area contributed by atoms with Gasteiger partial charge >= 0.3 is 0 Å². The molecule has 0 unspecified atom stereocenters. The Morgan fingerprint density at radius 2 is 1.63 bits per heavy atom. The van der Waals surface area contributed by atoms with Gasteiger partial charge in [0.2, 0.25) is 15.9 Å². The van der Waals surface area contributed by atoms with Crippen LogP contribution in [0.25, 0.3) is 0 Å². The summed E-state index contributed by atoms with van der Waals surface area (Å²) < 4.78 is 37.5. The Morgan fingerprint density at radius 1 is 0.943 bits per heavy atom. The first-order valence-corrected chi connectivity index (χ1v) is 13.3. The second-order valence-corrected chi connectivity index (χ2v) is 10.2. The quantitative estimate of drug-likeness (QED) is 0.363. The molecule has 0 saturated carbocycles. The first-order chi connectivity index (χ1) is 16.7. The summed E-state index contributed by atoms with van der Waals surface area (Å²) in [6.45, 7) is 4.95. The normalized spacial score (nSPS) is 11.1. The van der Waals surface area contributed by atoms with Gasteiger partial charge in [-0.3, -0.25) is 9.10 Å². The maximum Gasteiger partial charge on any atom is 0.232 e. The van der Waals surface area contributed by atoms with Crippen molar-refractivity contribution in [1.29, 1.82) is 0 Å². The molecule has 0 aliphatic heterocycles. The van der Waals surface area contributed by atoms with E-state index in [1.807, 2.05) is 62.4 Å². The van der Waals surface area contributed by atoms with Gasteiger partial charge in [0.25, 0.3) is 0 Å². The van der Waals surface area contributed by atoms with Crippen molar-refractivity contribution in [3.63, 3.8) is 0 Å². The molecule has 1 amide bonds. The number of amides is 1. The predicted octanol–water partition coefficient (Wildman–Crippen LogP) is 4.84. The van der Waals surface area contributed by atoms with Crippen LogP contribution in [-0.2, 0) is 14.8 Å². The lowest BCUT2D eigenvalue weighted by Gasteiger charge is -2.22. The van der Waals surface area contributed by atoms with Gasteiger partial charge < -0.3 is 14.8 Å². The highest BCUT2D eigenvalue weighted by Crippen LogP contribution is 2.25. The molecule has 0 aliphatic rings. The zero-order valence-corrected chi connectivity index (χ0v) is 21.2. The Balaban J connectivity index is 1.45. The summed E-state index contributed by atoms with van der Waals surface area (Å²) in [5, 5.41) is 2.82. The van der Waals surface area contributed by atoms with Gasteiger partial charge in [-0.05, 0) is 68.3 Å². The number of hydrogen-bond acceptors (Lipinski definition) is 5. The number of nitrogens with one attached hydrogen (secondary N) is 1. The lowest BCUT2D eigenvalue weighted by atomic mass is 10.1. The summed E-state index contributed by atoms with van der Waals surface area (Å²) in [5.74, 6) is 1.96. The molecule has 3 aromatic rings. The Hall–Kier alpha value is -3.52. The average Bonchev–Trinajstić information content (AvgIpc) is 2.81. The van der Waals surface area contributed by atoms with Crippen LogP contribution in [0.1, 0.15) is 24.0 Å². The summed E-state index contributed by atoms with van der Waals surface area (Å²) >= 11 is 0. The van der Waals surface area contributed by atoms with Crippen molar-refractivity contribution in [2.24, 2.45) is 0 Å². The first-order valence-electron chi connectivity index (χ1n) is 11.5. The highest BCUT2D eigenvalue weighted by atomic mass is 32.2. The van der Waals surface area contributed by atoms with Crippen molar-refractivity contribution in [1.82, 2.24) is 5.32 Å². The van der Waals surface area contributed by atoms with Crippen LogP contribution < -0.4 is 19.1 Å². The fourth-order valence-corrected chi connectivity index (χ4v) is 4.54. The van der Waals surface area contributed by atoms with Crippen molar-refractivity contribution in [2.75, 3.05) is 30.3 Å². The molecule has 0 aromatic heterocycles. The fourth-order valence-electron chi connectivity index (χ4n) is 3.58. The molecule has 0 fully saturated rings. The van der Waals surface area contributed by atoms with E-state index in [1.54, 1.807) is 24.3 Å². The smallest absolute Gasteiger partial charge is 0.232 e. The SMILES string of the molecule is Cc1ccc(OCCNC(=O)CCCN(c2ccc(Oc3ccccc3)cc2)S(C)(=O)=O)c(C)c1. The van der Waals surface area contributed by atoms with E-state index in [4.69, 9.17) is 9.47 Å². The second-order valence-electron chi connectivity index (χ2n) is 8.32. The van der Waals surface area contributed by atoms with Crippen molar-refractivity contribution in [3.05, 3.63) is 83.9 Å². The van der Waals surface area contributed by atoms with Crippen LogP contribution in [0, 0.1) is 13.8 Å². The lowest BCUT2D eigenvalue weighted by Crippen LogP contribution is -2.32. The number of benzene rings is 3. The molecule has 0 spiro atoms. The number of aryl methyl sites for hydroxylation is 2. The number of sulfonamides is 1. The summed E-state index contributed by atoms with van der Waals surface area (Å²) in [6, 6.07) is 22.2. The Bertz CT molecular complexity index is 1210. The molecular formula is C27H32N2O5S. The summed E-state index contributed by atoms with van der Waals surface area (Å²) in [6.07, 6.45) is 1.76. The molecule has 1 N–H and O–H groups in total. The number of hydrogen-bond donors (Lipinski definition) is 1. The third kappa shape index (κ3) is 8.33. The van der Waals surface area contributed by atoms with Crippen molar-refractivity contribution >= 4 is 21.6 Å². The minimum absolute atomic E-state index is 0.144. The maximum atomic E-state index is 12.4. The van der Waals surface area contributed by atoms with Gasteiger partial charge in [-0.2, -0.15) is 0 Å². The van der Waals surface area contributed by atoms with Crippen LogP contribution in [0.4, 0.5) is 5.69 Å². The fraction of sp³-hybridized carbons (Fsp3) is 0.296. The van der Waals surface area contributed by atoms with Gasteiger partial charge in [0.15, 0.2) is 0 Å². The number of para-hydroxylation sites is 1. The van der Waals surface area contributed by atoms with Crippen LogP contribution in [0.3, 0.4) is 0 Å². The monoisotopic (exact) mass is 496 g/mol. The lowest BCUT2D eigenvalue weighted by molar-refractivity contribution is -0.121. The molecule has 3 aromatic carbocycles. The van der Waals surface area contributed by atoms with E-state index in [9.17, 15) is 13.2 Å². The van der Waals surface area contributed by atoms with Crippen molar-refractivity contribution in [2.45, 2.75) is 26.7 Å². The zero-order chi connectivity index (χ0) is 25.3. The molecule has 0 heterocycles. The van der Waals surface area contributed by atoms with Gasteiger partial charge in [0.1, 0.15) is 23.9 Å². The number of nitrogens with zero attached hydrogens (tertiary/aromatic N) is 1. The highest BCUT2D eigenvalue weighted by molar-refractivity contribution is 7.92. The molecule has 35 heavy (non-hydrogen) atoms. The largest absolute Gasteiger partial charge is 0.491 e. The second kappa shape index (κ2) is 12.3. The van der Waals surface area contributed by atoms with Crippen molar-refractivity contribution in [3.8, 4) is 17.2 Å². The van der Waals surface area contributed by atoms with E-state index in [0.29, 0.717) is 36.8 Å². The molecule has 8 heteroatoms. The standard InChI is InChI=1S/C27H32N2O5S/c1-21-11-16-26(22(2)20-21)33-19-17-28-27(30)10-7-18-29(35(3,31)32)23-12-14-25(15-13-23)34-24-8-5-4-6-9-24/h4-6,8-9,11-16,20H,7,10,17-19H2,1-3H3,(H,28,30). The molecular weight excluding hydrogens is 464 g/mol.